The molecule has 8 nitrogen and oxygen atoms in total. The van der Waals surface area contributed by atoms with Crippen molar-refractivity contribution in [2.75, 3.05) is 11.5 Å². The number of nitrogens with two attached hydrogens (primary N) is 1. The van der Waals surface area contributed by atoms with Crippen molar-refractivity contribution in [2.24, 2.45) is 0 Å². The number of hydrogen-bond acceptors (Lipinski definition) is 9. The highest BCUT2D eigenvalue weighted by atomic mass is 32.2. The summed E-state index contributed by atoms with van der Waals surface area (Å²) in [6.45, 7) is 0. The van der Waals surface area contributed by atoms with Crippen LogP contribution >= 0.6 is 23.1 Å². The molecule has 3 N–H and O–H groups in total. The van der Waals surface area contributed by atoms with Crippen molar-refractivity contribution in [1.29, 1.82) is 0 Å². The topological polar surface area (TPSA) is 116 Å². The number of hydrogen-bond donors (Lipinski definition) is 2. The van der Waals surface area contributed by atoms with E-state index < -0.39 is 13.1 Å². The maximum atomic E-state index is 12.0. The summed E-state index contributed by atoms with van der Waals surface area (Å²) in [5.41, 5.74) is 5.48. The molecule has 0 saturated carbocycles. The predicted molar refractivity (Wildman–Crippen MR) is 82.1 cm³/mol. The van der Waals surface area contributed by atoms with Crippen molar-refractivity contribution in [3.05, 3.63) is 12.2 Å². The summed E-state index contributed by atoms with van der Waals surface area (Å²) in [5, 5.41) is 10.7. The SMILES string of the molecule is Nc1nnc(SCC(=O)N[C@H]2CC=C[C@@H]3CC(=O)OB2O3)s1. The first-order valence-corrected chi connectivity index (χ1v) is 8.43. The fraction of sp³-hybridized carbons (Fsp3) is 0.455. The molecule has 2 aliphatic rings. The Morgan fingerprint density at radius 3 is 3.23 bits per heavy atom. The van der Waals surface area contributed by atoms with E-state index in [2.05, 4.69) is 15.5 Å². The second-order valence-corrected chi connectivity index (χ2v) is 7.00. The summed E-state index contributed by atoms with van der Waals surface area (Å²) < 4.78 is 11.4. The zero-order valence-electron chi connectivity index (χ0n) is 11.4. The molecule has 1 saturated heterocycles. The molecule has 1 aromatic rings. The molecule has 116 valence electrons. The molecule has 0 aromatic carbocycles. The average molecular weight is 340 g/mol. The molecule has 2 atom stereocenters. The van der Waals surface area contributed by atoms with Crippen LogP contribution in [0.3, 0.4) is 0 Å². The molecule has 0 spiro atoms. The van der Waals surface area contributed by atoms with E-state index in [1.165, 1.54) is 23.1 Å². The van der Waals surface area contributed by atoms with E-state index >= 15 is 0 Å². The number of carbonyl (C=O) groups is 2. The quantitative estimate of drug-likeness (QED) is 0.447. The minimum atomic E-state index is -0.743. The zero-order chi connectivity index (χ0) is 15.5. The molecule has 0 unspecified atom stereocenters. The average Bonchev–Trinajstić information content (AvgIpc) is 2.83. The maximum absolute atomic E-state index is 12.0. The van der Waals surface area contributed by atoms with Crippen LogP contribution in [-0.2, 0) is 18.9 Å². The fourth-order valence-corrected chi connectivity index (χ4v) is 3.60. The van der Waals surface area contributed by atoms with Gasteiger partial charge in [0.15, 0.2) is 4.34 Å². The Labute approximate surface area is 135 Å². The third-order valence-electron chi connectivity index (χ3n) is 3.09. The van der Waals surface area contributed by atoms with Crippen LogP contribution in [0.25, 0.3) is 0 Å². The number of nitrogens with one attached hydrogen (secondary N) is 1. The lowest BCUT2D eigenvalue weighted by Gasteiger charge is -2.28. The molecule has 0 radical (unpaired) electrons. The molecular formula is C11H13BN4O4S2. The van der Waals surface area contributed by atoms with Gasteiger partial charge in [-0.2, -0.15) is 0 Å². The molecule has 1 amide bonds. The van der Waals surface area contributed by atoms with Crippen LogP contribution in [0.5, 0.6) is 0 Å². The van der Waals surface area contributed by atoms with Crippen LogP contribution in [0.15, 0.2) is 16.5 Å². The van der Waals surface area contributed by atoms with Gasteiger partial charge in [-0.3, -0.25) is 9.59 Å². The van der Waals surface area contributed by atoms with Crippen LogP contribution in [-0.4, -0.2) is 47.0 Å². The van der Waals surface area contributed by atoms with Gasteiger partial charge in [0.2, 0.25) is 11.0 Å². The van der Waals surface area contributed by atoms with Crippen LogP contribution in [0.1, 0.15) is 12.8 Å². The summed E-state index contributed by atoms with van der Waals surface area (Å²) in [6, 6.07) is 0. The van der Waals surface area contributed by atoms with Gasteiger partial charge in [-0.1, -0.05) is 35.3 Å². The van der Waals surface area contributed by atoms with Gasteiger partial charge < -0.3 is 20.4 Å². The van der Waals surface area contributed by atoms with E-state index in [1.807, 2.05) is 12.2 Å². The second-order valence-electron chi connectivity index (χ2n) is 4.77. The van der Waals surface area contributed by atoms with E-state index in [9.17, 15) is 9.59 Å². The summed E-state index contributed by atoms with van der Waals surface area (Å²) in [7, 11) is -0.743. The number of nitrogen functional groups attached to an aromatic ring is 1. The number of carbonyl (C=O) groups excluding carboxylic acids is 2. The Balaban J connectivity index is 1.54. The first-order chi connectivity index (χ1) is 10.6. The highest BCUT2D eigenvalue weighted by molar-refractivity contribution is 8.01. The highest BCUT2D eigenvalue weighted by Gasteiger charge is 2.41. The number of fused-ring (bicyclic) bond motifs is 2. The van der Waals surface area contributed by atoms with Gasteiger partial charge in [-0.25, -0.2) is 0 Å². The number of amides is 1. The van der Waals surface area contributed by atoms with Crippen LogP contribution in [0, 0.1) is 0 Å². The first kappa shape index (κ1) is 15.3. The molecule has 2 bridgehead atoms. The Kier molecular flexibility index (Phi) is 4.64. The van der Waals surface area contributed by atoms with Gasteiger partial charge in [0.1, 0.15) is 0 Å². The summed E-state index contributed by atoms with van der Waals surface area (Å²) in [5.74, 6) is -0.719. The second kappa shape index (κ2) is 6.67. The van der Waals surface area contributed by atoms with Gasteiger partial charge in [-0.15, -0.1) is 10.2 Å². The van der Waals surface area contributed by atoms with Gasteiger partial charge in [-0.05, 0) is 6.42 Å². The van der Waals surface area contributed by atoms with Crippen LogP contribution in [0.4, 0.5) is 5.13 Å². The van der Waals surface area contributed by atoms with E-state index in [0.29, 0.717) is 15.9 Å². The van der Waals surface area contributed by atoms with Crippen molar-refractivity contribution in [3.8, 4) is 0 Å². The van der Waals surface area contributed by atoms with Crippen molar-refractivity contribution in [1.82, 2.24) is 15.5 Å². The Morgan fingerprint density at radius 1 is 1.59 bits per heavy atom. The Morgan fingerprint density at radius 2 is 2.45 bits per heavy atom. The van der Waals surface area contributed by atoms with E-state index in [-0.39, 0.29) is 30.2 Å². The molecule has 0 aliphatic carbocycles. The molecule has 3 heterocycles. The van der Waals surface area contributed by atoms with Crippen molar-refractivity contribution in [3.63, 3.8) is 0 Å². The van der Waals surface area contributed by atoms with Crippen molar-refractivity contribution in [2.45, 2.75) is 29.2 Å². The number of rotatable bonds is 4. The Bertz CT molecular complexity index is 611. The fourth-order valence-electron chi connectivity index (χ4n) is 2.15. The molecule has 1 fully saturated rings. The lowest BCUT2D eigenvalue weighted by atomic mass is 9.75. The molecule has 3 rings (SSSR count). The van der Waals surface area contributed by atoms with Gasteiger partial charge in [0.25, 0.3) is 5.97 Å². The normalized spacial score (nSPS) is 23.8. The summed E-state index contributed by atoms with van der Waals surface area (Å²) in [6.07, 6.45) is 4.22. The van der Waals surface area contributed by atoms with Crippen LogP contribution < -0.4 is 11.1 Å². The summed E-state index contributed by atoms with van der Waals surface area (Å²) >= 11 is 2.48. The minimum Gasteiger partial charge on any atom is -0.508 e. The Hall–Kier alpha value is -1.59. The molecule has 1 aromatic heterocycles. The number of thioether (sulfide) groups is 1. The number of anilines is 1. The predicted octanol–water partition coefficient (Wildman–Crippen LogP) is 0.0166. The molecule has 22 heavy (non-hydrogen) atoms. The third-order valence-corrected chi connectivity index (χ3v) is 4.97. The first-order valence-electron chi connectivity index (χ1n) is 6.63. The van der Waals surface area contributed by atoms with Gasteiger partial charge in [0, 0.05) is 0 Å². The van der Waals surface area contributed by atoms with Crippen LogP contribution in [0.2, 0.25) is 0 Å². The standard InChI is InChI=1S/C11H13BN4O4S2/c13-10-15-16-11(22-10)21-5-8(17)14-7-3-1-2-6-4-9(18)20-12(7)19-6/h1-2,6-7H,3-5H2,(H2,13,15)(H,14,17)/t6-,7+/m1/s1. The van der Waals surface area contributed by atoms with Gasteiger partial charge >= 0.3 is 7.12 Å². The monoisotopic (exact) mass is 340 g/mol. The lowest BCUT2D eigenvalue weighted by molar-refractivity contribution is -0.141. The molecule has 11 heteroatoms. The summed E-state index contributed by atoms with van der Waals surface area (Å²) in [4.78, 5) is 23.5. The smallest absolute Gasteiger partial charge is 0.508 e. The van der Waals surface area contributed by atoms with E-state index in [4.69, 9.17) is 15.0 Å². The largest absolute Gasteiger partial charge is 0.552 e. The third kappa shape index (κ3) is 3.78. The van der Waals surface area contributed by atoms with E-state index in [0.717, 1.165) is 0 Å². The number of aromatic nitrogens is 2. The van der Waals surface area contributed by atoms with Crippen molar-refractivity contribution >= 4 is 47.2 Å². The molecular weight excluding hydrogens is 327 g/mol. The highest BCUT2D eigenvalue weighted by Crippen LogP contribution is 2.24. The van der Waals surface area contributed by atoms with E-state index in [1.54, 1.807) is 0 Å². The van der Waals surface area contributed by atoms with Crippen molar-refractivity contribution < 1.29 is 18.9 Å². The van der Waals surface area contributed by atoms with Gasteiger partial charge in [0.05, 0.1) is 24.2 Å². The number of nitrogens with zero attached hydrogens (tertiary/aromatic N) is 2. The maximum Gasteiger partial charge on any atom is 0.552 e. The zero-order valence-corrected chi connectivity index (χ0v) is 13.1. The lowest BCUT2D eigenvalue weighted by Crippen LogP contribution is -2.53. The minimum absolute atomic E-state index is 0.180. The molecule has 2 aliphatic heterocycles.